The summed E-state index contributed by atoms with van der Waals surface area (Å²) in [6.45, 7) is 1.93. The van der Waals surface area contributed by atoms with Gasteiger partial charge in [-0.05, 0) is 30.2 Å². The molecule has 6 heteroatoms. The number of amides is 1. The van der Waals surface area contributed by atoms with Crippen LogP contribution < -0.4 is 16.0 Å². The summed E-state index contributed by atoms with van der Waals surface area (Å²) in [5.74, 6) is 0.629. The number of nitrogens with one attached hydrogen (secondary N) is 1. The molecule has 142 valence electrons. The van der Waals surface area contributed by atoms with Gasteiger partial charge in [-0.2, -0.15) is 0 Å². The Bertz CT molecular complexity index is 960. The monoisotopic (exact) mass is 373 g/mol. The van der Waals surface area contributed by atoms with E-state index in [4.69, 9.17) is 10.7 Å². The van der Waals surface area contributed by atoms with Crippen molar-refractivity contribution in [3.8, 4) is 11.3 Å². The summed E-state index contributed by atoms with van der Waals surface area (Å²) in [5.41, 5.74) is 9.22. The van der Waals surface area contributed by atoms with E-state index >= 15 is 0 Å². The van der Waals surface area contributed by atoms with Gasteiger partial charge in [-0.15, -0.1) is 0 Å². The Morgan fingerprint density at radius 1 is 1.14 bits per heavy atom. The molecule has 2 heterocycles. The number of carbonyl (C=O) groups is 1. The molecule has 0 aliphatic carbocycles. The van der Waals surface area contributed by atoms with Crippen LogP contribution in [0.25, 0.3) is 11.3 Å². The molecular weight excluding hydrogens is 350 g/mol. The Labute approximate surface area is 164 Å². The number of hydrogen-bond acceptors (Lipinski definition) is 5. The molecule has 1 aliphatic heterocycles. The SMILES string of the molecule is NCc1cccc(C(=O)NC2CCN(c3nccc(-c4ccccc4)n3)C2)c1. The van der Waals surface area contributed by atoms with Crippen molar-refractivity contribution in [2.45, 2.75) is 19.0 Å². The van der Waals surface area contributed by atoms with Crippen molar-refractivity contribution in [1.29, 1.82) is 0 Å². The molecule has 2 aromatic carbocycles. The molecule has 6 nitrogen and oxygen atoms in total. The molecule has 4 rings (SSSR count). The van der Waals surface area contributed by atoms with Crippen molar-refractivity contribution in [3.05, 3.63) is 78.0 Å². The third-order valence-corrected chi connectivity index (χ3v) is 4.94. The third-order valence-electron chi connectivity index (χ3n) is 4.94. The first-order chi connectivity index (χ1) is 13.7. The van der Waals surface area contributed by atoms with Crippen LogP contribution in [-0.4, -0.2) is 35.0 Å². The molecule has 3 aromatic rings. The van der Waals surface area contributed by atoms with Crippen LogP contribution in [0.2, 0.25) is 0 Å². The first-order valence-corrected chi connectivity index (χ1v) is 9.46. The fourth-order valence-electron chi connectivity index (χ4n) is 3.44. The zero-order valence-electron chi connectivity index (χ0n) is 15.6. The minimum Gasteiger partial charge on any atom is -0.347 e. The summed E-state index contributed by atoms with van der Waals surface area (Å²) in [5, 5.41) is 3.12. The Morgan fingerprint density at radius 3 is 2.82 bits per heavy atom. The van der Waals surface area contributed by atoms with Crippen LogP contribution in [0.5, 0.6) is 0 Å². The topological polar surface area (TPSA) is 84.1 Å². The first-order valence-electron chi connectivity index (χ1n) is 9.46. The molecule has 0 spiro atoms. The number of carbonyl (C=O) groups excluding carboxylic acids is 1. The summed E-state index contributed by atoms with van der Waals surface area (Å²) < 4.78 is 0. The zero-order valence-corrected chi connectivity index (χ0v) is 15.6. The van der Waals surface area contributed by atoms with Gasteiger partial charge in [0.05, 0.1) is 5.69 Å². The van der Waals surface area contributed by atoms with Gasteiger partial charge in [0.2, 0.25) is 5.95 Å². The average Bonchev–Trinajstić information content (AvgIpc) is 3.23. The van der Waals surface area contributed by atoms with E-state index in [-0.39, 0.29) is 11.9 Å². The number of hydrogen-bond donors (Lipinski definition) is 2. The normalized spacial score (nSPS) is 16.2. The van der Waals surface area contributed by atoms with Crippen LogP contribution in [-0.2, 0) is 6.54 Å². The van der Waals surface area contributed by atoms with Crippen LogP contribution >= 0.6 is 0 Å². The smallest absolute Gasteiger partial charge is 0.251 e. The highest BCUT2D eigenvalue weighted by Gasteiger charge is 2.26. The average molecular weight is 373 g/mol. The van der Waals surface area contributed by atoms with Gasteiger partial charge in [0.1, 0.15) is 0 Å². The molecule has 1 aromatic heterocycles. The van der Waals surface area contributed by atoms with Crippen LogP contribution in [0.3, 0.4) is 0 Å². The number of rotatable bonds is 5. The van der Waals surface area contributed by atoms with Gasteiger partial charge in [-0.3, -0.25) is 4.79 Å². The summed E-state index contributed by atoms with van der Waals surface area (Å²) >= 11 is 0. The molecule has 1 unspecified atom stereocenters. The van der Waals surface area contributed by atoms with E-state index in [9.17, 15) is 4.79 Å². The van der Waals surface area contributed by atoms with Gasteiger partial charge in [-0.1, -0.05) is 42.5 Å². The first kappa shape index (κ1) is 18.1. The minimum atomic E-state index is -0.0684. The Kier molecular flexibility index (Phi) is 5.30. The van der Waals surface area contributed by atoms with E-state index in [2.05, 4.69) is 15.2 Å². The second-order valence-electron chi connectivity index (χ2n) is 6.92. The molecule has 1 aliphatic rings. The van der Waals surface area contributed by atoms with Crippen molar-refractivity contribution in [3.63, 3.8) is 0 Å². The van der Waals surface area contributed by atoms with E-state index in [1.165, 1.54) is 0 Å². The fraction of sp³-hybridized carbons (Fsp3) is 0.227. The Balaban J connectivity index is 1.42. The van der Waals surface area contributed by atoms with Crippen molar-refractivity contribution in [2.24, 2.45) is 5.73 Å². The van der Waals surface area contributed by atoms with Gasteiger partial charge < -0.3 is 16.0 Å². The van der Waals surface area contributed by atoms with E-state index in [1.807, 2.05) is 60.7 Å². The molecule has 0 saturated carbocycles. The lowest BCUT2D eigenvalue weighted by molar-refractivity contribution is 0.0940. The number of nitrogens with zero attached hydrogens (tertiary/aromatic N) is 3. The Hall–Kier alpha value is -3.25. The van der Waals surface area contributed by atoms with E-state index in [0.29, 0.717) is 24.6 Å². The maximum atomic E-state index is 12.5. The summed E-state index contributed by atoms with van der Waals surface area (Å²) in [7, 11) is 0. The standard InChI is InChI=1S/C22H23N5O/c23-14-16-5-4-8-18(13-16)21(28)25-19-10-12-27(15-19)22-24-11-9-20(26-22)17-6-2-1-3-7-17/h1-9,11,13,19H,10,12,14-15,23H2,(H,25,28). The largest absolute Gasteiger partial charge is 0.347 e. The molecule has 1 amide bonds. The van der Waals surface area contributed by atoms with Crippen LogP contribution in [0, 0.1) is 0 Å². The second-order valence-corrected chi connectivity index (χ2v) is 6.92. The number of aromatic nitrogens is 2. The van der Waals surface area contributed by atoms with E-state index < -0.39 is 0 Å². The van der Waals surface area contributed by atoms with E-state index in [1.54, 1.807) is 6.20 Å². The molecular formula is C22H23N5O. The maximum absolute atomic E-state index is 12.5. The molecule has 28 heavy (non-hydrogen) atoms. The molecule has 0 bridgehead atoms. The predicted molar refractivity (Wildman–Crippen MR) is 110 cm³/mol. The summed E-state index contributed by atoms with van der Waals surface area (Å²) in [4.78, 5) is 23.8. The molecule has 1 fully saturated rings. The fourth-order valence-corrected chi connectivity index (χ4v) is 3.44. The van der Waals surface area contributed by atoms with Crippen LogP contribution in [0.15, 0.2) is 66.9 Å². The van der Waals surface area contributed by atoms with Crippen LogP contribution in [0.4, 0.5) is 5.95 Å². The minimum absolute atomic E-state index is 0.0676. The lowest BCUT2D eigenvalue weighted by atomic mass is 10.1. The number of anilines is 1. The predicted octanol–water partition coefficient (Wildman–Crippen LogP) is 2.61. The lowest BCUT2D eigenvalue weighted by Crippen LogP contribution is -2.37. The maximum Gasteiger partial charge on any atom is 0.251 e. The zero-order chi connectivity index (χ0) is 19.3. The van der Waals surface area contributed by atoms with Crippen LogP contribution in [0.1, 0.15) is 22.3 Å². The molecule has 0 radical (unpaired) electrons. The second kappa shape index (κ2) is 8.19. The summed E-state index contributed by atoms with van der Waals surface area (Å²) in [6, 6.07) is 19.5. The highest BCUT2D eigenvalue weighted by atomic mass is 16.1. The molecule has 1 atom stereocenters. The molecule has 3 N–H and O–H groups in total. The third kappa shape index (κ3) is 4.02. The van der Waals surface area contributed by atoms with Crippen molar-refractivity contribution >= 4 is 11.9 Å². The Morgan fingerprint density at radius 2 is 2.00 bits per heavy atom. The highest BCUT2D eigenvalue weighted by Crippen LogP contribution is 2.21. The van der Waals surface area contributed by atoms with Gasteiger partial charge in [-0.25, -0.2) is 9.97 Å². The lowest BCUT2D eigenvalue weighted by Gasteiger charge is -2.17. The quantitative estimate of drug-likeness (QED) is 0.718. The molecule has 1 saturated heterocycles. The van der Waals surface area contributed by atoms with Crippen molar-refractivity contribution in [2.75, 3.05) is 18.0 Å². The van der Waals surface area contributed by atoms with Gasteiger partial charge >= 0.3 is 0 Å². The van der Waals surface area contributed by atoms with Gasteiger partial charge in [0.25, 0.3) is 5.91 Å². The van der Waals surface area contributed by atoms with Crippen molar-refractivity contribution in [1.82, 2.24) is 15.3 Å². The van der Waals surface area contributed by atoms with Crippen molar-refractivity contribution < 1.29 is 4.79 Å². The number of nitrogens with two attached hydrogens (primary N) is 1. The van der Waals surface area contributed by atoms with Gasteiger partial charge in [0, 0.05) is 43.0 Å². The van der Waals surface area contributed by atoms with E-state index in [0.717, 1.165) is 29.8 Å². The van der Waals surface area contributed by atoms with Gasteiger partial charge in [0.15, 0.2) is 0 Å². The number of benzene rings is 2. The highest BCUT2D eigenvalue weighted by molar-refractivity contribution is 5.94. The summed E-state index contributed by atoms with van der Waals surface area (Å²) in [6.07, 6.45) is 2.65.